The van der Waals surface area contributed by atoms with Crippen molar-refractivity contribution in [3.63, 3.8) is 0 Å². The lowest BCUT2D eigenvalue weighted by molar-refractivity contribution is 0.0434. The van der Waals surface area contributed by atoms with E-state index in [2.05, 4.69) is 70.2 Å². The van der Waals surface area contributed by atoms with Gasteiger partial charge in [0.1, 0.15) is 0 Å². The summed E-state index contributed by atoms with van der Waals surface area (Å²) in [6.07, 6.45) is 14.7. The summed E-state index contributed by atoms with van der Waals surface area (Å²) >= 11 is 0. The van der Waals surface area contributed by atoms with Gasteiger partial charge >= 0.3 is 0 Å². The van der Waals surface area contributed by atoms with E-state index in [9.17, 15) is 0 Å². The normalized spacial score (nSPS) is 29.3. The molecule has 3 heteroatoms. The number of rotatable bonds is 2. The monoisotopic (exact) mass is 492 g/mol. The van der Waals surface area contributed by atoms with Crippen molar-refractivity contribution in [2.24, 2.45) is 22.2 Å². The van der Waals surface area contributed by atoms with E-state index in [1.54, 1.807) is 0 Å². The van der Waals surface area contributed by atoms with Gasteiger partial charge in [0.15, 0.2) is 0 Å². The predicted molar refractivity (Wildman–Crippen MR) is 156 cm³/mol. The Kier molecular flexibility index (Phi) is 12.1. The number of nitrogens with zero attached hydrogens (tertiary/aromatic N) is 3. The molecule has 1 atom stereocenters. The van der Waals surface area contributed by atoms with E-state index < -0.39 is 0 Å². The highest BCUT2D eigenvalue weighted by molar-refractivity contribution is 5.01. The second kappa shape index (κ2) is 13.6. The van der Waals surface area contributed by atoms with Crippen molar-refractivity contribution >= 4 is 0 Å². The Morgan fingerprint density at radius 1 is 0.629 bits per heavy atom. The summed E-state index contributed by atoms with van der Waals surface area (Å²) in [7, 11) is 2.24. The van der Waals surface area contributed by atoms with Crippen molar-refractivity contribution in [3.8, 4) is 0 Å². The quantitative estimate of drug-likeness (QED) is 0.388. The first-order chi connectivity index (χ1) is 16.5. The van der Waals surface area contributed by atoms with Crippen LogP contribution in [0.1, 0.15) is 127 Å². The summed E-state index contributed by atoms with van der Waals surface area (Å²) in [4.78, 5) is 7.67. The third-order valence-corrected chi connectivity index (χ3v) is 10.4. The molecule has 0 aromatic rings. The maximum Gasteiger partial charge on any atom is 0.00387 e. The molecule has 0 aromatic carbocycles. The first-order valence-corrected chi connectivity index (χ1v) is 15.6. The Morgan fingerprint density at radius 3 is 1.49 bits per heavy atom. The Labute approximate surface area is 221 Å². The van der Waals surface area contributed by atoms with Crippen molar-refractivity contribution in [1.29, 1.82) is 0 Å². The summed E-state index contributed by atoms with van der Waals surface area (Å²) in [5.41, 5.74) is 2.25. The van der Waals surface area contributed by atoms with Crippen LogP contribution in [0.2, 0.25) is 0 Å². The third kappa shape index (κ3) is 9.29. The molecule has 0 amide bonds. The van der Waals surface area contributed by atoms with E-state index >= 15 is 0 Å². The average Bonchev–Trinajstić information content (AvgIpc) is 3.58. The molecule has 5 aliphatic rings. The summed E-state index contributed by atoms with van der Waals surface area (Å²) in [5, 5.41) is 0. The highest BCUT2D eigenvalue weighted by Crippen LogP contribution is 2.56. The van der Waals surface area contributed by atoms with Gasteiger partial charge in [-0.3, -0.25) is 0 Å². The molecule has 5 fully saturated rings. The van der Waals surface area contributed by atoms with E-state index in [0.29, 0.717) is 5.41 Å². The summed E-state index contributed by atoms with van der Waals surface area (Å²) < 4.78 is 0. The molecule has 1 unspecified atom stereocenters. The molecule has 0 radical (unpaired) electrons. The number of hydrogen-bond acceptors (Lipinski definition) is 3. The average molecular weight is 492 g/mol. The molecule has 0 N–H and O–H groups in total. The van der Waals surface area contributed by atoms with Crippen LogP contribution in [-0.4, -0.2) is 73.1 Å². The Morgan fingerprint density at radius 2 is 1.11 bits per heavy atom. The van der Waals surface area contributed by atoms with Crippen LogP contribution in [0.25, 0.3) is 0 Å². The van der Waals surface area contributed by atoms with Crippen LogP contribution in [0.15, 0.2) is 0 Å². The van der Waals surface area contributed by atoms with Crippen molar-refractivity contribution in [1.82, 2.24) is 14.7 Å². The minimum atomic E-state index is 0.603. The van der Waals surface area contributed by atoms with Gasteiger partial charge in [0, 0.05) is 18.6 Å². The zero-order valence-corrected chi connectivity index (χ0v) is 25.9. The van der Waals surface area contributed by atoms with Crippen molar-refractivity contribution in [3.05, 3.63) is 0 Å². The zero-order valence-electron chi connectivity index (χ0n) is 25.9. The first kappa shape index (κ1) is 31.1. The molecule has 0 bridgehead atoms. The van der Waals surface area contributed by atoms with Crippen molar-refractivity contribution in [2.75, 3.05) is 46.3 Å². The van der Waals surface area contributed by atoms with Gasteiger partial charge < -0.3 is 14.7 Å². The second-order valence-electron chi connectivity index (χ2n) is 14.1. The minimum Gasteiger partial charge on any atom is -0.306 e. The Balaban J connectivity index is 0.000000179. The maximum absolute atomic E-state index is 2.63. The van der Waals surface area contributed by atoms with Crippen LogP contribution < -0.4 is 0 Å². The fourth-order valence-electron chi connectivity index (χ4n) is 6.54. The molecule has 2 spiro atoms. The Hall–Kier alpha value is -0.120. The van der Waals surface area contributed by atoms with Crippen molar-refractivity contribution < 1.29 is 0 Å². The second-order valence-corrected chi connectivity index (χ2v) is 14.1. The van der Waals surface area contributed by atoms with E-state index in [-0.39, 0.29) is 0 Å². The fraction of sp³-hybridized carbons (Fsp3) is 1.00. The van der Waals surface area contributed by atoms with Gasteiger partial charge in [-0.25, -0.2) is 0 Å². The van der Waals surface area contributed by atoms with Crippen molar-refractivity contribution in [2.45, 2.75) is 139 Å². The molecular weight excluding hydrogens is 426 g/mol. The highest BCUT2D eigenvalue weighted by Gasteiger charge is 2.49. The first-order valence-electron chi connectivity index (χ1n) is 15.6. The smallest absolute Gasteiger partial charge is 0.00387 e. The summed E-state index contributed by atoms with van der Waals surface area (Å²) in [6, 6.07) is 1.50. The largest absolute Gasteiger partial charge is 0.306 e. The Bertz CT molecular complexity index is 568. The molecule has 3 aliphatic heterocycles. The van der Waals surface area contributed by atoms with Gasteiger partial charge in [-0.05, 0) is 147 Å². The molecule has 5 rings (SSSR count). The lowest BCUT2D eigenvalue weighted by Gasteiger charge is -2.47. The molecule has 208 valence electrons. The van der Waals surface area contributed by atoms with Gasteiger partial charge in [-0.15, -0.1) is 0 Å². The van der Waals surface area contributed by atoms with E-state index in [0.717, 1.165) is 28.8 Å². The van der Waals surface area contributed by atoms with Crippen LogP contribution in [0.3, 0.4) is 0 Å². The molecule has 3 nitrogen and oxygen atoms in total. The number of likely N-dealkylation sites (tertiary alicyclic amines) is 3. The molecule has 2 aliphatic carbocycles. The van der Waals surface area contributed by atoms with Gasteiger partial charge in [0.25, 0.3) is 0 Å². The molecule has 3 heterocycles. The van der Waals surface area contributed by atoms with Gasteiger partial charge in [-0.1, -0.05) is 41.0 Å². The highest BCUT2D eigenvalue weighted by atomic mass is 15.2. The van der Waals surface area contributed by atoms with Gasteiger partial charge in [0.2, 0.25) is 0 Å². The fourth-order valence-corrected chi connectivity index (χ4v) is 6.54. The third-order valence-electron chi connectivity index (χ3n) is 10.4. The van der Waals surface area contributed by atoms with Crippen LogP contribution in [0, 0.1) is 22.2 Å². The van der Waals surface area contributed by atoms with Gasteiger partial charge in [0.05, 0.1) is 0 Å². The maximum atomic E-state index is 2.63. The lowest BCUT2D eigenvalue weighted by Crippen LogP contribution is -2.43. The topological polar surface area (TPSA) is 9.72 Å². The summed E-state index contributed by atoms with van der Waals surface area (Å²) in [5.74, 6) is 0.952. The SMILES string of the molecule is CC.CC(C)N1CCC(C)(C)CC1.CC(C)N1CCC2(CC2)C(C)C1.CN1CCC2(CCC2)CC1. The zero-order chi connectivity index (χ0) is 26.3. The number of hydrogen-bond donors (Lipinski definition) is 0. The molecule has 35 heavy (non-hydrogen) atoms. The molecule has 2 saturated carbocycles. The van der Waals surface area contributed by atoms with Crippen LogP contribution in [0.4, 0.5) is 0 Å². The molecular formula is C32H65N3. The van der Waals surface area contributed by atoms with E-state index in [1.807, 2.05) is 13.8 Å². The minimum absolute atomic E-state index is 0.603. The standard InChI is InChI=1S/C11H21N.C10H21N.C9H17N.C2H6/c1-9(2)12-7-6-11(4-5-11)10(3)8-12;1-9(2)11-7-5-10(3,4)6-8-11;1-10-7-5-9(6-8-10)3-2-4-9;1-2/h9-10H,4-8H2,1-3H3;9H,5-8H2,1-4H3;2-8H2,1H3;1-2H3. The predicted octanol–water partition coefficient (Wildman–Crippen LogP) is 7.94. The molecule has 0 aromatic heterocycles. The number of piperidine rings is 3. The van der Waals surface area contributed by atoms with Crippen LogP contribution >= 0.6 is 0 Å². The van der Waals surface area contributed by atoms with Crippen LogP contribution in [-0.2, 0) is 0 Å². The van der Waals surface area contributed by atoms with Crippen LogP contribution in [0.5, 0.6) is 0 Å². The van der Waals surface area contributed by atoms with E-state index in [1.165, 1.54) is 103 Å². The summed E-state index contributed by atoms with van der Waals surface area (Å²) in [6.45, 7) is 28.4. The molecule has 3 saturated heterocycles. The van der Waals surface area contributed by atoms with Gasteiger partial charge in [-0.2, -0.15) is 0 Å². The lowest BCUT2D eigenvalue weighted by atomic mass is 9.63. The van der Waals surface area contributed by atoms with E-state index in [4.69, 9.17) is 0 Å².